The molecule has 1 fully saturated rings. The lowest BCUT2D eigenvalue weighted by molar-refractivity contribution is -0.131. The molecule has 1 saturated heterocycles. The number of carbonyl (C=O) groups is 2. The first-order chi connectivity index (χ1) is 10.1. The number of hydrogen-bond donors (Lipinski definition) is 1. The molecule has 0 aliphatic carbocycles. The number of hydrogen-bond acceptors (Lipinski definition) is 3. The van der Waals surface area contributed by atoms with Crippen LogP contribution < -0.4 is 5.32 Å². The number of carbonyl (C=O) groups excluding carboxylic acids is 2. The van der Waals surface area contributed by atoms with Crippen molar-refractivity contribution in [2.45, 2.75) is 25.7 Å². The van der Waals surface area contributed by atoms with Crippen molar-refractivity contribution in [2.24, 2.45) is 0 Å². The average Bonchev–Trinajstić information content (AvgIpc) is 2.50. The highest BCUT2D eigenvalue weighted by Gasteiger charge is 2.17. The Morgan fingerprint density at radius 3 is 2.76 bits per heavy atom. The van der Waals surface area contributed by atoms with E-state index < -0.39 is 11.7 Å². The van der Waals surface area contributed by atoms with Gasteiger partial charge in [0.05, 0.1) is 11.8 Å². The molecule has 0 radical (unpaired) electrons. The number of piperidine rings is 1. The second kappa shape index (κ2) is 7.36. The predicted molar refractivity (Wildman–Crippen MR) is 76.6 cm³/mol. The molecule has 1 aromatic heterocycles. The summed E-state index contributed by atoms with van der Waals surface area (Å²) in [6, 6.07) is 1.02. The van der Waals surface area contributed by atoms with Crippen molar-refractivity contribution < 1.29 is 14.0 Å². The first-order valence-electron chi connectivity index (χ1n) is 6.95. The number of nitrogens with one attached hydrogen (secondary N) is 1. The van der Waals surface area contributed by atoms with Crippen molar-refractivity contribution in [1.29, 1.82) is 0 Å². The Kier molecular flexibility index (Phi) is 5.50. The van der Waals surface area contributed by atoms with Gasteiger partial charge >= 0.3 is 0 Å². The SMILES string of the molecule is O=C(NCCC(=O)N1CCCCC1)c1cc(F)cnc1Cl. The number of nitrogens with zero attached hydrogens (tertiary/aromatic N) is 2. The Morgan fingerprint density at radius 1 is 1.33 bits per heavy atom. The second-order valence-electron chi connectivity index (χ2n) is 4.94. The van der Waals surface area contributed by atoms with Gasteiger partial charge in [0.15, 0.2) is 0 Å². The summed E-state index contributed by atoms with van der Waals surface area (Å²) in [5.41, 5.74) is -0.0258. The molecule has 0 saturated carbocycles. The van der Waals surface area contributed by atoms with Gasteiger partial charge in [-0.2, -0.15) is 0 Å². The molecule has 2 amide bonds. The Balaban J connectivity index is 1.81. The first-order valence-corrected chi connectivity index (χ1v) is 7.33. The lowest BCUT2D eigenvalue weighted by Gasteiger charge is -2.26. The number of amides is 2. The largest absolute Gasteiger partial charge is 0.351 e. The minimum Gasteiger partial charge on any atom is -0.351 e. The molecule has 0 unspecified atom stereocenters. The molecule has 1 aliphatic heterocycles. The lowest BCUT2D eigenvalue weighted by Crippen LogP contribution is -2.37. The number of aromatic nitrogens is 1. The molecule has 1 N–H and O–H groups in total. The second-order valence-corrected chi connectivity index (χ2v) is 5.30. The quantitative estimate of drug-likeness (QED) is 0.865. The van der Waals surface area contributed by atoms with Crippen molar-refractivity contribution in [3.8, 4) is 0 Å². The highest BCUT2D eigenvalue weighted by Crippen LogP contribution is 2.13. The summed E-state index contributed by atoms with van der Waals surface area (Å²) in [4.78, 5) is 29.1. The van der Waals surface area contributed by atoms with Crippen molar-refractivity contribution in [2.75, 3.05) is 19.6 Å². The zero-order valence-electron chi connectivity index (χ0n) is 11.6. The van der Waals surface area contributed by atoms with Crippen LogP contribution in [-0.2, 0) is 4.79 Å². The van der Waals surface area contributed by atoms with Gasteiger partial charge in [0, 0.05) is 26.1 Å². The molecule has 0 aromatic carbocycles. The normalized spacial score (nSPS) is 14.9. The van der Waals surface area contributed by atoms with E-state index in [1.54, 1.807) is 0 Å². The van der Waals surface area contributed by atoms with Crippen LogP contribution in [0.3, 0.4) is 0 Å². The smallest absolute Gasteiger partial charge is 0.254 e. The van der Waals surface area contributed by atoms with Crippen LogP contribution in [0.5, 0.6) is 0 Å². The Bertz CT molecular complexity index is 533. The van der Waals surface area contributed by atoms with E-state index in [9.17, 15) is 14.0 Å². The highest BCUT2D eigenvalue weighted by molar-refractivity contribution is 6.32. The monoisotopic (exact) mass is 313 g/mol. The third-order valence-corrected chi connectivity index (χ3v) is 3.68. The van der Waals surface area contributed by atoms with Gasteiger partial charge in [-0.1, -0.05) is 11.6 Å². The van der Waals surface area contributed by atoms with E-state index in [4.69, 9.17) is 11.6 Å². The summed E-state index contributed by atoms with van der Waals surface area (Å²) in [6.45, 7) is 1.76. The molecule has 114 valence electrons. The van der Waals surface area contributed by atoms with Gasteiger partial charge in [-0.15, -0.1) is 0 Å². The zero-order valence-corrected chi connectivity index (χ0v) is 12.3. The summed E-state index contributed by atoms with van der Waals surface area (Å²) in [5, 5.41) is 2.50. The summed E-state index contributed by atoms with van der Waals surface area (Å²) in [5.74, 6) is -1.13. The standard InChI is InChI=1S/C14H17ClFN3O2/c15-13-11(8-10(16)9-18-13)14(21)17-5-4-12(20)19-6-2-1-3-7-19/h8-9H,1-7H2,(H,17,21). The topological polar surface area (TPSA) is 62.3 Å². The summed E-state index contributed by atoms with van der Waals surface area (Å²) in [6.07, 6.45) is 4.39. The van der Waals surface area contributed by atoms with Crippen LogP contribution in [0, 0.1) is 5.82 Å². The van der Waals surface area contributed by atoms with Gasteiger partial charge in [-0.25, -0.2) is 9.37 Å². The molecular formula is C14H17ClFN3O2. The minimum atomic E-state index is -0.631. The van der Waals surface area contributed by atoms with Gasteiger partial charge in [0.25, 0.3) is 5.91 Å². The van der Waals surface area contributed by atoms with Gasteiger partial charge in [-0.3, -0.25) is 9.59 Å². The van der Waals surface area contributed by atoms with Crippen molar-refractivity contribution in [3.63, 3.8) is 0 Å². The van der Waals surface area contributed by atoms with E-state index in [2.05, 4.69) is 10.3 Å². The molecule has 7 heteroatoms. The molecule has 2 heterocycles. The Hall–Kier alpha value is -1.69. The molecule has 5 nitrogen and oxygen atoms in total. The molecular weight excluding hydrogens is 297 g/mol. The van der Waals surface area contributed by atoms with E-state index in [1.807, 2.05) is 4.90 Å². The van der Waals surface area contributed by atoms with E-state index in [0.29, 0.717) is 0 Å². The summed E-state index contributed by atoms with van der Waals surface area (Å²) >= 11 is 5.74. The predicted octanol–water partition coefficient (Wildman–Crippen LogP) is 2.01. The maximum absolute atomic E-state index is 13.0. The average molecular weight is 314 g/mol. The van der Waals surface area contributed by atoms with E-state index in [-0.39, 0.29) is 29.6 Å². The summed E-state index contributed by atoms with van der Waals surface area (Å²) < 4.78 is 13.0. The fraction of sp³-hybridized carbons (Fsp3) is 0.500. The van der Waals surface area contributed by atoms with Gasteiger partial charge < -0.3 is 10.2 Å². The molecule has 21 heavy (non-hydrogen) atoms. The number of halogens is 2. The van der Waals surface area contributed by atoms with Gasteiger partial charge in [-0.05, 0) is 25.3 Å². The molecule has 0 atom stereocenters. The van der Waals surface area contributed by atoms with Crippen LogP contribution in [0.25, 0.3) is 0 Å². The van der Waals surface area contributed by atoms with Crippen LogP contribution >= 0.6 is 11.6 Å². The Labute approximate surface area is 127 Å². The van der Waals surface area contributed by atoms with E-state index in [1.165, 1.54) is 0 Å². The van der Waals surface area contributed by atoms with E-state index >= 15 is 0 Å². The van der Waals surface area contributed by atoms with Crippen LogP contribution in [-0.4, -0.2) is 41.3 Å². The number of rotatable bonds is 4. The molecule has 2 rings (SSSR count). The van der Waals surface area contributed by atoms with Crippen molar-refractivity contribution in [3.05, 3.63) is 28.8 Å². The van der Waals surface area contributed by atoms with Crippen LogP contribution in [0.15, 0.2) is 12.3 Å². The number of pyridine rings is 1. The third-order valence-electron chi connectivity index (χ3n) is 3.38. The van der Waals surface area contributed by atoms with Crippen molar-refractivity contribution in [1.82, 2.24) is 15.2 Å². The third kappa shape index (κ3) is 4.39. The Morgan fingerprint density at radius 2 is 2.05 bits per heavy atom. The maximum Gasteiger partial charge on any atom is 0.254 e. The molecule has 0 bridgehead atoms. The van der Waals surface area contributed by atoms with Crippen LogP contribution in [0.2, 0.25) is 5.15 Å². The number of likely N-dealkylation sites (tertiary alicyclic amines) is 1. The van der Waals surface area contributed by atoms with Gasteiger partial charge in [0.2, 0.25) is 5.91 Å². The van der Waals surface area contributed by atoms with E-state index in [0.717, 1.165) is 44.6 Å². The maximum atomic E-state index is 13.0. The first kappa shape index (κ1) is 15.7. The van der Waals surface area contributed by atoms with Crippen molar-refractivity contribution >= 4 is 23.4 Å². The summed E-state index contributed by atoms with van der Waals surface area (Å²) in [7, 11) is 0. The van der Waals surface area contributed by atoms with Gasteiger partial charge in [0.1, 0.15) is 11.0 Å². The minimum absolute atomic E-state index is 0.0258. The van der Waals surface area contributed by atoms with Crippen LogP contribution in [0.4, 0.5) is 4.39 Å². The molecule has 1 aromatic rings. The highest BCUT2D eigenvalue weighted by atomic mass is 35.5. The molecule has 0 spiro atoms. The lowest BCUT2D eigenvalue weighted by atomic mass is 10.1. The zero-order chi connectivity index (χ0) is 15.2. The fourth-order valence-corrected chi connectivity index (χ4v) is 2.45. The molecule has 1 aliphatic rings. The fourth-order valence-electron chi connectivity index (χ4n) is 2.26. The van der Waals surface area contributed by atoms with Crippen LogP contribution in [0.1, 0.15) is 36.0 Å².